The van der Waals surface area contributed by atoms with Crippen LogP contribution in [0.15, 0.2) is 48.5 Å². The van der Waals surface area contributed by atoms with Crippen LogP contribution in [0.2, 0.25) is 0 Å². The minimum Gasteiger partial charge on any atom is -0.465 e. The van der Waals surface area contributed by atoms with Crippen LogP contribution in [-0.2, 0) is 9.53 Å². The lowest BCUT2D eigenvalue weighted by atomic mass is 9.90. The third-order valence-electron chi connectivity index (χ3n) is 3.56. The number of hydrogen-bond donors (Lipinski definition) is 0. The molecule has 0 aromatic heterocycles. The van der Waals surface area contributed by atoms with E-state index in [-0.39, 0.29) is 12.3 Å². The molecule has 2 aromatic rings. The number of nitrogens with zero attached hydrogens (tertiary/aromatic N) is 1. The van der Waals surface area contributed by atoms with E-state index in [1.54, 1.807) is 31.2 Å². The molecule has 0 fully saturated rings. The first-order chi connectivity index (χ1) is 11.4. The molecule has 1 unspecified atom stereocenters. The Balaban J connectivity index is 2.40. The average Bonchev–Trinajstić information content (AvgIpc) is 2.56. The van der Waals surface area contributed by atoms with Crippen molar-refractivity contribution in [1.82, 2.24) is 0 Å². The number of benzene rings is 2. The number of non-ortho nitro benzene ring substituents is 1. The molecule has 0 aliphatic heterocycles. The summed E-state index contributed by atoms with van der Waals surface area (Å²) in [7, 11) is 0. The largest absolute Gasteiger partial charge is 0.465 e. The van der Waals surface area contributed by atoms with E-state index < -0.39 is 22.6 Å². The van der Waals surface area contributed by atoms with Gasteiger partial charge in [0.1, 0.15) is 5.92 Å². The molecule has 0 amide bonds. The highest BCUT2D eigenvalue weighted by molar-refractivity contribution is 6.13. The molecule has 0 aliphatic carbocycles. The Labute approximate surface area is 139 Å². The van der Waals surface area contributed by atoms with Gasteiger partial charge in [-0.1, -0.05) is 42.0 Å². The molecule has 0 aliphatic rings. The van der Waals surface area contributed by atoms with Crippen LogP contribution in [0.5, 0.6) is 0 Å². The third kappa shape index (κ3) is 3.84. The highest BCUT2D eigenvalue weighted by atomic mass is 16.6. The van der Waals surface area contributed by atoms with Gasteiger partial charge in [-0.3, -0.25) is 19.7 Å². The van der Waals surface area contributed by atoms with Gasteiger partial charge < -0.3 is 4.74 Å². The van der Waals surface area contributed by atoms with Crippen LogP contribution in [0.4, 0.5) is 5.69 Å². The molecule has 0 saturated heterocycles. The highest BCUT2D eigenvalue weighted by Gasteiger charge is 2.31. The first-order valence-electron chi connectivity index (χ1n) is 7.46. The van der Waals surface area contributed by atoms with Crippen molar-refractivity contribution in [3.05, 3.63) is 75.3 Å². The second-order valence-corrected chi connectivity index (χ2v) is 5.26. The van der Waals surface area contributed by atoms with Crippen LogP contribution in [0.1, 0.15) is 34.3 Å². The van der Waals surface area contributed by atoms with Crippen molar-refractivity contribution >= 4 is 17.4 Å². The summed E-state index contributed by atoms with van der Waals surface area (Å²) in [6.07, 6.45) is 0. The standard InChI is InChI=1S/C18H17NO5/c1-3-24-18(21)16(13-8-10-15(11-9-13)19(22)23)17(20)14-6-4-12(2)5-7-14/h4-11,16H,3H2,1-2H3. The quantitative estimate of drug-likeness (QED) is 0.267. The van der Waals surface area contributed by atoms with Crippen LogP contribution >= 0.6 is 0 Å². The predicted octanol–water partition coefficient (Wildman–Crippen LogP) is 3.43. The van der Waals surface area contributed by atoms with E-state index in [4.69, 9.17) is 4.74 Å². The van der Waals surface area contributed by atoms with Gasteiger partial charge in [-0.15, -0.1) is 0 Å². The average molecular weight is 327 g/mol. The van der Waals surface area contributed by atoms with Gasteiger partial charge >= 0.3 is 5.97 Å². The molecule has 24 heavy (non-hydrogen) atoms. The van der Waals surface area contributed by atoms with Crippen LogP contribution in [0, 0.1) is 17.0 Å². The Morgan fingerprint density at radius 1 is 1.08 bits per heavy atom. The minimum absolute atomic E-state index is 0.107. The molecule has 6 nitrogen and oxygen atoms in total. The molecule has 0 heterocycles. The Morgan fingerprint density at radius 2 is 1.67 bits per heavy atom. The zero-order valence-electron chi connectivity index (χ0n) is 13.4. The molecule has 0 spiro atoms. The van der Waals surface area contributed by atoms with Crippen molar-refractivity contribution in [3.63, 3.8) is 0 Å². The maximum atomic E-state index is 12.8. The first kappa shape index (κ1) is 17.3. The van der Waals surface area contributed by atoms with Crippen LogP contribution in [-0.4, -0.2) is 23.3 Å². The van der Waals surface area contributed by atoms with E-state index in [0.29, 0.717) is 11.1 Å². The minimum atomic E-state index is -1.14. The zero-order chi connectivity index (χ0) is 17.7. The summed E-state index contributed by atoms with van der Waals surface area (Å²) in [6, 6.07) is 12.2. The van der Waals surface area contributed by atoms with Crippen molar-refractivity contribution in [2.24, 2.45) is 0 Å². The molecular weight excluding hydrogens is 310 g/mol. The van der Waals surface area contributed by atoms with E-state index in [0.717, 1.165) is 5.56 Å². The molecule has 124 valence electrons. The number of ether oxygens (including phenoxy) is 1. The molecule has 0 bridgehead atoms. The van der Waals surface area contributed by atoms with E-state index in [1.165, 1.54) is 24.3 Å². The third-order valence-corrected chi connectivity index (χ3v) is 3.56. The van der Waals surface area contributed by atoms with Crippen LogP contribution < -0.4 is 0 Å². The number of ketones is 1. The van der Waals surface area contributed by atoms with Crippen molar-refractivity contribution in [2.75, 3.05) is 6.61 Å². The fourth-order valence-electron chi connectivity index (χ4n) is 2.29. The highest BCUT2D eigenvalue weighted by Crippen LogP contribution is 2.25. The summed E-state index contributed by atoms with van der Waals surface area (Å²) >= 11 is 0. The normalized spacial score (nSPS) is 11.6. The van der Waals surface area contributed by atoms with Gasteiger partial charge in [0.05, 0.1) is 11.5 Å². The van der Waals surface area contributed by atoms with Crippen LogP contribution in [0.3, 0.4) is 0 Å². The molecule has 6 heteroatoms. The number of esters is 1. The Hall–Kier alpha value is -3.02. The second kappa shape index (κ2) is 7.50. The second-order valence-electron chi connectivity index (χ2n) is 5.26. The maximum Gasteiger partial charge on any atom is 0.321 e. The number of nitro groups is 1. The van der Waals surface area contributed by atoms with Crippen LogP contribution in [0.25, 0.3) is 0 Å². The number of hydrogen-bond acceptors (Lipinski definition) is 5. The van der Waals surface area contributed by atoms with Gasteiger partial charge in [0.25, 0.3) is 5.69 Å². The van der Waals surface area contributed by atoms with E-state index in [9.17, 15) is 19.7 Å². The SMILES string of the molecule is CCOC(=O)C(C(=O)c1ccc(C)cc1)c1ccc([N+](=O)[O-])cc1. The summed E-state index contributed by atoms with van der Waals surface area (Å²) in [5.74, 6) is -2.22. The lowest BCUT2D eigenvalue weighted by Crippen LogP contribution is -2.24. The van der Waals surface area contributed by atoms with Gasteiger partial charge in [0, 0.05) is 17.7 Å². The van der Waals surface area contributed by atoms with Gasteiger partial charge in [0.15, 0.2) is 5.78 Å². The molecule has 0 saturated carbocycles. The summed E-state index contributed by atoms with van der Waals surface area (Å²) in [4.78, 5) is 35.2. The van der Waals surface area contributed by atoms with Crippen molar-refractivity contribution in [2.45, 2.75) is 19.8 Å². The Morgan fingerprint density at radius 3 is 2.17 bits per heavy atom. The summed E-state index contributed by atoms with van der Waals surface area (Å²) in [6.45, 7) is 3.69. The Kier molecular flexibility index (Phi) is 5.42. The number of Topliss-reactive ketones (excluding diaryl/α,β-unsaturated/α-hetero) is 1. The van der Waals surface area contributed by atoms with Gasteiger partial charge in [-0.05, 0) is 19.4 Å². The van der Waals surface area contributed by atoms with Gasteiger partial charge in [-0.2, -0.15) is 0 Å². The van der Waals surface area contributed by atoms with Crippen molar-refractivity contribution in [1.29, 1.82) is 0 Å². The Bertz CT molecular complexity index is 750. The van der Waals surface area contributed by atoms with Gasteiger partial charge in [0.2, 0.25) is 0 Å². The molecule has 0 N–H and O–H groups in total. The monoisotopic (exact) mass is 327 g/mol. The van der Waals surface area contributed by atoms with Crippen molar-refractivity contribution < 1.29 is 19.2 Å². The summed E-state index contributed by atoms with van der Waals surface area (Å²) in [5, 5.41) is 10.8. The first-order valence-corrected chi connectivity index (χ1v) is 7.46. The fourth-order valence-corrected chi connectivity index (χ4v) is 2.29. The van der Waals surface area contributed by atoms with E-state index >= 15 is 0 Å². The van der Waals surface area contributed by atoms with E-state index in [1.807, 2.05) is 6.92 Å². The molecule has 2 rings (SSSR count). The maximum absolute atomic E-state index is 12.8. The number of carbonyl (C=O) groups excluding carboxylic acids is 2. The lowest BCUT2D eigenvalue weighted by molar-refractivity contribution is -0.384. The van der Waals surface area contributed by atoms with Crippen molar-refractivity contribution in [3.8, 4) is 0 Å². The number of nitro benzene ring substituents is 1. The smallest absolute Gasteiger partial charge is 0.321 e. The number of carbonyl (C=O) groups is 2. The molecule has 0 radical (unpaired) electrons. The lowest BCUT2D eigenvalue weighted by Gasteiger charge is -2.15. The number of rotatable bonds is 6. The van der Waals surface area contributed by atoms with E-state index in [2.05, 4.69) is 0 Å². The zero-order valence-corrected chi connectivity index (χ0v) is 13.4. The van der Waals surface area contributed by atoms with Gasteiger partial charge in [-0.25, -0.2) is 0 Å². The topological polar surface area (TPSA) is 86.5 Å². The number of aryl methyl sites for hydroxylation is 1. The summed E-state index contributed by atoms with van der Waals surface area (Å²) in [5.41, 5.74) is 1.64. The summed E-state index contributed by atoms with van der Waals surface area (Å²) < 4.78 is 5.01. The predicted molar refractivity (Wildman–Crippen MR) is 88.0 cm³/mol. The molecule has 1 atom stereocenters. The molecular formula is C18H17NO5. The fraction of sp³-hybridized carbons (Fsp3) is 0.222. The molecule has 2 aromatic carbocycles.